The highest BCUT2D eigenvalue weighted by Crippen LogP contribution is 2.57. The Balaban J connectivity index is 0.484. The van der Waals surface area contributed by atoms with E-state index >= 15 is 0 Å². The molecule has 1 aromatic rings. The van der Waals surface area contributed by atoms with Crippen LogP contribution in [0.4, 0.5) is 18.0 Å². The molecule has 6 N–H and O–H groups in total. The molecule has 0 saturated carbocycles. The minimum Gasteiger partial charge on any atom is -0.490 e. The zero-order chi connectivity index (χ0) is 75.0. The van der Waals surface area contributed by atoms with E-state index in [0.29, 0.717) is 89.1 Å². The van der Waals surface area contributed by atoms with Gasteiger partial charge in [0.25, 0.3) is 5.91 Å². The second-order valence-electron chi connectivity index (χ2n) is 33.5. The third-order valence-electron chi connectivity index (χ3n) is 25.4. The molecular weight excluding hydrogens is 1420 g/mol. The average molecular weight is 1520 g/mol. The summed E-state index contributed by atoms with van der Waals surface area (Å²) in [4.78, 5) is 50.0. The number of alkyl halides is 3. The lowest BCUT2D eigenvalue weighted by atomic mass is 9.72. The lowest BCUT2D eigenvalue weighted by molar-refractivity contribution is -0.356. The maximum atomic E-state index is 14.1. The van der Waals surface area contributed by atoms with Gasteiger partial charge in [0, 0.05) is 100 Å². The second kappa shape index (κ2) is 30.9. The van der Waals surface area contributed by atoms with E-state index < -0.39 is 58.0 Å². The summed E-state index contributed by atoms with van der Waals surface area (Å²) in [6, 6.07) is 3.78. The third-order valence-corrected chi connectivity index (χ3v) is 26.9. The summed E-state index contributed by atoms with van der Waals surface area (Å²) < 4.78 is 136. The number of urea groups is 1. The maximum absolute atomic E-state index is 14.1. The van der Waals surface area contributed by atoms with Crippen LogP contribution in [0, 0.1) is 5.92 Å². The fourth-order valence-electron chi connectivity index (χ4n) is 19.3. The van der Waals surface area contributed by atoms with Gasteiger partial charge >= 0.3 is 23.8 Å². The number of esters is 1. The highest BCUT2D eigenvalue weighted by molar-refractivity contribution is 8.00. The summed E-state index contributed by atoms with van der Waals surface area (Å²) in [5, 5.41) is 33.9. The van der Waals surface area contributed by atoms with Crippen molar-refractivity contribution >= 4 is 35.6 Å². The monoisotopic (exact) mass is 1520 g/mol. The second-order valence-corrected chi connectivity index (χ2v) is 34.7. The van der Waals surface area contributed by atoms with E-state index in [4.69, 9.17) is 66.3 Å². The van der Waals surface area contributed by atoms with Gasteiger partial charge in [0.1, 0.15) is 36.3 Å². The van der Waals surface area contributed by atoms with Crippen LogP contribution in [0.2, 0.25) is 0 Å². The number of ether oxygens (including phenoxy) is 14. The number of nitrogens with zero attached hydrogens (tertiary/aromatic N) is 2. The fraction of sp³-hybridized carbons (Fsp3) is 0.792. The highest BCUT2D eigenvalue weighted by Gasteiger charge is 2.67. The van der Waals surface area contributed by atoms with E-state index in [1.807, 2.05) is 25.6 Å². The maximum Gasteiger partial charge on any atom is 0.442 e. The minimum absolute atomic E-state index is 0.0157. The van der Waals surface area contributed by atoms with Gasteiger partial charge in [-0.15, -0.1) is 10.2 Å². The van der Waals surface area contributed by atoms with Crippen molar-refractivity contribution < 1.29 is 104 Å². The number of carbonyl (C=O) groups is 4. The zero-order valence-corrected chi connectivity index (χ0v) is 63.2. The van der Waals surface area contributed by atoms with Crippen molar-refractivity contribution in [3.8, 4) is 5.75 Å². The Labute approximate surface area is 627 Å². The molecule has 0 unspecified atom stereocenters. The first-order valence-electron chi connectivity index (χ1n) is 39.0. The molecule has 0 aromatic heterocycles. The van der Waals surface area contributed by atoms with Gasteiger partial charge in [0.15, 0.2) is 0 Å². The van der Waals surface area contributed by atoms with Crippen molar-refractivity contribution in [1.29, 1.82) is 0 Å². The van der Waals surface area contributed by atoms with E-state index in [1.165, 1.54) is 18.2 Å². The summed E-state index contributed by atoms with van der Waals surface area (Å²) in [5.74, 6) is -0.0263. The Hall–Kier alpha value is -4.90. The van der Waals surface area contributed by atoms with Crippen LogP contribution in [0.3, 0.4) is 0 Å². The number of unbranched alkanes of at least 4 members (excludes halogenated alkanes) is 1. The molecule has 11 fully saturated rings. The molecule has 26 atom stereocenters. The molecule has 107 heavy (non-hydrogen) atoms. The largest absolute Gasteiger partial charge is 0.490 e. The van der Waals surface area contributed by atoms with Crippen LogP contribution in [0.15, 0.2) is 64.4 Å². The molecule has 26 nitrogen and oxygen atoms in total. The van der Waals surface area contributed by atoms with Gasteiger partial charge in [-0.1, -0.05) is 43.7 Å². The highest BCUT2D eigenvalue weighted by atomic mass is 32.2. The van der Waals surface area contributed by atoms with Gasteiger partial charge in [-0.3, -0.25) is 9.59 Å². The standard InChI is InChI=1S/C77H108F3N7O19S/c1-41(39-81-20-21-83-69(91)46-16-15-44(76(86-87-76)77(78,79)80)31-50(46)95-27-26-94-25-24-93-23-22-82-64(89)14-10-9-13-57-66-47(40-107-57)84-70(92)85-66)28-45-32-58(88)75(8)62(96-45)34-53-54(103-75)33-52-48(97-53)12-11-18-71(4)63(100-52)38-74(7)61(104-71)36-60-72(5,106-74)19-17-49-67(102-60)42(2)29-51-56(98-49)37-73(6)59(99-51)35-55-68(105-73)43(3)30-65(90)101-55/h11-12,15-16,30-31,42,45,47-49,51-63,66-68,81,88H,1,9-10,13-14,17-29,32-40H2,2-8H3,(H,82,89)(H,83,91)(H2,84,85,92)/b12-11-/t42-,45-,47+,48-,49+,51+,52+,53+,54-,55+,56-,57+,58+,59-,60+,61-,62-,63-,66+,67-,68-,71+,72-,73+,74+,75+/m1/s1. The SMILES string of the molecule is C=C(CNCCNC(=O)c1ccc(C2(C(F)(F)F)N=N2)cc1OCCOCCOCCNC(=O)CCCC[C@@H]1SC[C@@H]2NC(=O)N[C@@H]21)C[C@@H]1C[C@H](O)[C@]2(C)O[C@@H]3C[C@@H]4O[C@@H]5C[C@]6(C)O[C@]7(C)CC[C@@H]8O[C@@H]9C[C@]%10(C)O[C@@H]%11C(C)=CC(=O)O[C@H]%11C[C@H]%10O[C@H]9C[C@@H](C)[C@H]8O[C@H]7C[C@H]6O[C@@]5(C)C/C=C\[C@H]4O[C@H]3C[C@H]2O1. The number of nitrogens with one attached hydrogen (secondary N) is 5. The Morgan fingerprint density at radius 2 is 1.52 bits per heavy atom. The molecule has 1 aromatic carbocycles. The Morgan fingerprint density at radius 3 is 2.34 bits per heavy atom. The molecule has 0 aliphatic carbocycles. The molecule has 15 rings (SSSR count). The predicted molar refractivity (Wildman–Crippen MR) is 381 cm³/mol. The van der Waals surface area contributed by atoms with Gasteiger partial charge in [-0.2, -0.15) is 24.9 Å². The molecule has 14 heterocycles. The minimum atomic E-state index is -4.79. The number of hydrogen-bond donors (Lipinski definition) is 6. The van der Waals surface area contributed by atoms with Crippen molar-refractivity contribution in [2.45, 2.75) is 312 Å². The summed E-state index contributed by atoms with van der Waals surface area (Å²) in [6.07, 6.45) is 5.51. The fourth-order valence-corrected chi connectivity index (χ4v) is 20.9. The number of thioether (sulfide) groups is 1. The predicted octanol–water partition coefficient (Wildman–Crippen LogP) is 7.73. The third kappa shape index (κ3) is 16.0. The first kappa shape index (κ1) is 77.4. The molecule has 592 valence electrons. The number of fused-ring (bicyclic) bond motifs is 11. The molecule has 0 spiro atoms. The molecule has 11 saturated heterocycles. The first-order chi connectivity index (χ1) is 51.1. The summed E-state index contributed by atoms with van der Waals surface area (Å²) in [5.41, 5.74) is -4.95. The quantitative estimate of drug-likeness (QED) is 0.0250. The Kier molecular flexibility index (Phi) is 22.3. The number of benzene rings is 1. The molecule has 4 amide bonds. The van der Waals surface area contributed by atoms with Crippen LogP contribution in [0.1, 0.15) is 167 Å². The number of rotatable bonds is 24. The molecule has 14 aliphatic rings. The number of carbonyl (C=O) groups excluding carboxylic acids is 4. The summed E-state index contributed by atoms with van der Waals surface area (Å²) in [6.45, 7) is 20.9. The summed E-state index contributed by atoms with van der Waals surface area (Å²) >= 11 is 1.85. The van der Waals surface area contributed by atoms with E-state index in [1.54, 1.807) is 0 Å². The Bertz CT molecular complexity index is 3560. The summed E-state index contributed by atoms with van der Waals surface area (Å²) in [7, 11) is 0. The van der Waals surface area contributed by atoms with E-state index in [0.717, 1.165) is 61.5 Å². The molecule has 0 radical (unpaired) electrons. The molecule has 30 heteroatoms. The van der Waals surface area contributed by atoms with Gasteiger partial charge < -0.3 is 98.0 Å². The van der Waals surface area contributed by atoms with Gasteiger partial charge in [0.2, 0.25) is 5.91 Å². The van der Waals surface area contributed by atoms with Gasteiger partial charge in [0.05, 0.1) is 152 Å². The van der Waals surface area contributed by atoms with Crippen molar-refractivity contribution in [2.24, 2.45) is 16.1 Å². The van der Waals surface area contributed by atoms with Crippen molar-refractivity contribution in [3.05, 3.63) is 65.3 Å². The zero-order valence-electron chi connectivity index (χ0n) is 62.4. The number of halogens is 3. The first-order valence-corrected chi connectivity index (χ1v) is 40.1. The smallest absolute Gasteiger partial charge is 0.442 e. The molecule has 14 aliphatic heterocycles. The van der Waals surface area contributed by atoms with Crippen LogP contribution < -0.4 is 31.3 Å². The van der Waals surface area contributed by atoms with Crippen molar-refractivity contribution in [1.82, 2.24) is 26.6 Å². The number of hydrogen-bond acceptors (Lipinski definition) is 23. The number of aliphatic hydroxyl groups is 1. The van der Waals surface area contributed by atoms with Crippen LogP contribution >= 0.6 is 11.8 Å². The van der Waals surface area contributed by atoms with E-state index in [-0.39, 0.29) is 184 Å². The molecular formula is C77H108F3N7O19S. The average Bonchev–Trinajstić information content (AvgIpc) is 1.72. The van der Waals surface area contributed by atoms with E-state index in [9.17, 15) is 37.5 Å². The Morgan fingerprint density at radius 1 is 0.748 bits per heavy atom. The number of aliphatic hydroxyl groups excluding tert-OH is 1. The topological polar surface area (TPSA) is 303 Å². The molecule has 0 bridgehead atoms. The lowest BCUT2D eigenvalue weighted by Gasteiger charge is -2.60. The van der Waals surface area contributed by atoms with Gasteiger partial charge in [-0.05, 0) is 110 Å². The van der Waals surface area contributed by atoms with Crippen LogP contribution in [-0.4, -0.2) is 249 Å². The normalized spacial score (nSPS) is 42.9. The lowest BCUT2D eigenvalue weighted by Crippen LogP contribution is -2.70. The van der Waals surface area contributed by atoms with Crippen LogP contribution in [0.25, 0.3) is 0 Å². The van der Waals surface area contributed by atoms with Gasteiger partial charge in [-0.25, -0.2) is 9.59 Å². The van der Waals surface area contributed by atoms with Crippen molar-refractivity contribution in [2.75, 3.05) is 65.0 Å². The van der Waals surface area contributed by atoms with Crippen LogP contribution in [-0.2, 0) is 76.8 Å². The van der Waals surface area contributed by atoms with E-state index in [2.05, 4.69) is 90.2 Å². The number of amides is 4. The van der Waals surface area contributed by atoms with Crippen molar-refractivity contribution in [3.63, 3.8) is 0 Å². The van der Waals surface area contributed by atoms with Crippen LogP contribution in [0.5, 0.6) is 5.75 Å².